The molecular formula is C15H9Br2FO2. The minimum absolute atomic E-state index is 0.176. The first-order valence-corrected chi connectivity index (χ1v) is 7.46. The predicted octanol–water partition coefficient (Wildman–Crippen LogP) is 5.18. The van der Waals surface area contributed by atoms with E-state index in [1.807, 2.05) is 18.2 Å². The summed E-state index contributed by atoms with van der Waals surface area (Å²) >= 11 is 6.49. The molecule has 0 radical (unpaired) electrons. The van der Waals surface area contributed by atoms with Crippen LogP contribution in [0.1, 0.15) is 17.4 Å². The van der Waals surface area contributed by atoms with Gasteiger partial charge in [0.2, 0.25) is 0 Å². The van der Waals surface area contributed by atoms with E-state index in [9.17, 15) is 9.50 Å². The Morgan fingerprint density at radius 3 is 2.50 bits per heavy atom. The molecule has 5 heteroatoms. The molecule has 2 aromatic carbocycles. The molecule has 0 aliphatic heterocycles. The highest BCUT2D eigenvalue weighted by Crippen LogP contribution is 2.34. The Labute approximate surface area is 131 Å². The Hall–Kier alpha value is -1.17. The maximum atomic E-state index is 14.0. The van der Waals surface area contributed by atoms with E-state index in [0.29, 0.717) is 15.8 Å². The normalized spacial score (nSPS) is 12.8. The molecule has 2 nitrogen and oxygen atoms in total. The molecule has 1 unspecified atom stereocenters. The summed E-state index contributed by atoms with van der Waals surface area (Å²) < 4.78 is 20.8. The standard InChI is InChI=1S/C15H9Br2FO2/c16-10-5-2-4-9(13(10)18)14(19)12-7-8-3-1-6-11(17)15(8)20-12/h1-7,14,19H. The number of furan rings is 1. The van der Waals surface area contributed by atoms with Gasteiger partial charge in [0.1, 0.15) is 23.3 Å². The second-order valence-corrected chi connectivity index (χ2v) is 6.06. The van der Waals surface area contributed by atoms with Crippen molar-refractivity contribution in [2.24, 2.45) is 0 Å². The molecule has 0 spiro atoms. The van der Waals surface area contributed by atoms with Gasteiger partial charge in [-0.1, -0.05) is 24.3 Å². The van der Waals surface area contributed by atoms with E-state index in [1.54, 1.807) is 18.2 Å². The highest BCUT2D eigenvalue weighted by Gasteiger charge is 2.20. The second kappa shape index (κ2) is 5.31. The van der Waals surface area contributed by atoms with E-state index in [2.05, 4.69) is 31.9 Å². The molecule has 0 saturated carbocycles. The van der Waals surface area contributed by atoms with Gasteiger partial charge in [-0.05, 0) is 50.1 Å². The van der Waals surface area contributed by atoms with E-state index in [-0.39, 0.29) is 5.56 Å². The molecule has 0 aliphatic rings. The smallest absolute Gasteiger partial charge is 0.148 e. The van der Waals surface area contributed by atoms with E-state index >= 15 is 0 Å². The van der Waals surface area contributed by atoms with Crippen molar-refractivity contribution in [3.63, 3.8) is 0 Å². The molecule has 1 heterocycles. The lowest BCUT2D eigenvalue weighted by molar-refractivity contribution is 0.187. The van der Waals surface area contributed by atoms with E-state index in [4.69, 9.17) is 4.42 Å². The number of hydrogen-bond acceptors (Lipinski definition) is 2. The van der Waals surface area contributed by atoms with Gasteiger partial charge in [-0.2, -0.15) is 0 Å². The molecule has 0 fully saturated rings. The molecule has 20 heavy (non-hydrogen) atoms. The Morgan fingerprint density at radius 1 is 1.05 bits per heavy atom. The molecule has 0 amide bonds. The quantitative estimate of drug-likeness (QED) is 0.644. The Morgan fingerprint density at radius 2 is 1.75 bits per heavy atom. The Kier molecular flexibility index (Phi) is 3.67. The second-order valence-electron chi connectivity index (χ2n) is 4.35. The average Bonchev–Trinajstić information content (AvgIpc) is 2.87. The van der Waals surface area contributed by atoms with Crippen LogP contribution in [-0.2, 0) is 0 Å². The molecule has 102 valence electrons. The van der Waals surface area contributed by atoms with Crippen LogP contribution in [0.25, 0.3) is 11.0 Å². The third-order valence-corrected chi connectivity index (χ3v) is 4.30. The summed E-state index contributed by atoms with van der Waals surface area (Å²) in [5.74, 6) is -0.177. The van der Waals surface area contributed by atoms with Crippen molar-refractivity contribution in [1.82, 2.24) is 0 Å². The van der Waals surface area contributed by atoms with Crippen LogP contribution in [0, 0.1) is 5.82 Å². The summed E-state index contributed by atoms with van der Waals surface area (Å²) in [5, 5.41) is 11.2. The SMILES string of the molecule is OC(c1cc2cccc(Br)c2o1)c1cccc(Br)c1F. The molecule has 3 rings (SSSR count). The fraction of sp³-hybridized carbons (Fsp3) is 0.0667. The first-order chi connectivity index (χ1) is 9.58. The fourth-order valence-corrected chi connectivity index (χ4v) is 2.91. The highest BCUT2D eigenvalue weighted by atomic mass is 79.9. The maximum Gasteiger partial charge on any atom is 0.148 e. The van der Waals surface area contributed by atoms with Crippen LogP contribution >= 0.6 is 31.9 Å². The van der Waals surface area contributed by atoms with Crippen LogP contribution in [0.5, 0.6) is 0 Å². The van der Waals surface area contributed by atoms with Crippen molar-refractivity contribution in [1.29, 1.82) is 0 Å². The minimum Gasteiger partial charge on any atom is -0.457 e. The maximum absolute atomic E-state index is 14.0. The first-order valence-electron chi connectivity index (χ1n) is 5.88. The van der Waals surface area contributed by atoms with Crippen molar-refractivity contribution >= 4 is 42.8 Å². The van der Waals surface area contributed by atoms with Crippen molar-refractivity contribution in [3.8, 4) is 0 Å². The van der Waals surface area contributed by atoms with Crippen LogP contribution in [0.3, 0.4) is 0 Å². The van der Waals surface area contributed by atoms with E-state index in [1.165, 1.54) is 6.07 Å². The number of aliphatic hydroxyl groups is 1. The van der Waals surface area contributed by atoms with Crippen molar-refractivity contribution < 1.29 is 13.9 Å². The Bertz CT molecular complexity index is 783. The van der Waals surface area contributed by atoms with Gasteiger partial charge in [0.25, 0.3) is 0 Å². The van der Waals surface area contributed by atoms with Crippen molar-refractivity contribution in [3.05, 3.63) is 68.6 Å². The zero-order chi connectivity index (χ0) is 14.3. The topological polar surface area (TPSA) is 33.4 Å². The van der Waals surface area contributed by atoms with Crippen molar-refractivity contribution in [2.75, 3.05) is 0 Å². The molecule has 0 aliphatic carbocycles. The fourth-order valence-electron chi connectivity index (χ4n) is 2.07. The van der Waals surface area contributed by atoms with Gasteiger partial charge in [0, 0.05) is 10.9 Å². The Balaban J connectivity index is 2.10. The number of halogens is 3. The number of hydrogen-bond donors (Lipinski definition) is 1. The monoisotopic (exact) mass is 398 g/mol. The number of aliphatic hydroxyl groups excluding tert-OH is 1. The van der Waals surface area contributed by atoms with Crippen LogP contribution in [0.15, 0.2) is 55.8 Å². The zero-order valence-corrected chi connectivity index (χ0v) is 13.3. The summed E-state index contributed by atoms with van der Waals surface area (Å²) in [7, 11) is 0. The number of para-hydroxylation sites is 1. The summed E-state index contributed by atoms with van der Waals surface area (Å²) in [6.45, 7) is 0. The molecule has 1 aromatic heterocycles. The zero-order valence-electron chi connectivity index (χ0n) is 10.1. The van der Waals surface area contributed by atoms with Gasteiger partial charge in [-0.15, -0.1) is 0 Å². The first kappa shape index (κ1) is 13.8. The van der Waals surface area contributed by atoms with Gasteiger partial charge in [0.05, 0.1) is 8.95 Å². The molecule has 0 bridgehead atoms. The third-order valence-electron chi connectivity index (χ3n) is 3.06. The van der Waals surface area contributed by atoms with Crippen LogP contribution in [-0.4, -0.2) is 5.11 Å². The summed E-state index contributed by atoms with van der Waals surface area (Å²) in [4.78, 5) is 0. The van der Waals surface area contributed by atoms with Gasteiger partial charge >= 0.3 is 0 Å². The van der Waals surface area contributed by atoms with Gasteiger partial charge in [0.15, 0.2) is 0 Å². The van der Waals surface area contributed by atoms with Crippen LogP contribution in [0.4, 0.5) is 4.39 Å². The number of fused-ring (bicyclic) bond motifs is 1. The lowest BCUT2D eigenvalue weighted by atomic mass is 10.1. The lowest BCUT2D eigenvalue weighted by Gasteiger charge is -2.09. The van der Waals surface area contributed by atoms with Crippen LogP contribution in [0.2, 0.25) is 0 Å². The molecule has 0 saturated heterocycles. The lowest BCUT2D eigenvalue weighted by Crippen LogP contribution is -2.01. The summed E-state index contributed by atoms with van der Waals surface area (Å²) in [6.07, 6.45) is -1.15. The largest absolute Gasteiger partial charge is 0.457 e. The number of benzene rings is 2. The van der Waals surface area contributed by atoms with Crippen LogP contribution < -0.4 is 0 Å². The summed E-state index contributed by atoms with van der Waals surface area (Å²) in [6, 6.07) is 12.1. The summed E-state index contributed by atoms with van der Waals surface area (Å²) in [5.41, 5.74) is 0.812. The van der Waals surface area contributed by atoms with Gasteiger partial charge < -0.3 is 9.52 Å². The highest BCUT2D eigenvalue weighted by molar-refractivity contribution is 9.11. The molecular weight excluding hydrogens is 391 g/mol. The predicted molar refractivity (Wildman–Crippen MR) is 82.1 cm³/mol. The van der Waals surface area contributed by atoms with Gasteiger partial charge in [-0.3, -0.25) is 0 Å². The molecule has 1 atom stereocenters. The molecule has 3 aromatic rings. The van der Waals surface area contributed by atoms with Crippen molar-refractivity contribution in [2.45, 2.75) is 6.10 Å². The minimum atomic E-state index is -1.15. The van der Waals surface area contributed by atoms with E-state index in [0.717, 1.165) is 9.86 Å². The average molecular weight is 400 g/mol. The number of rotatable bonds is 2. The van der Waals surface area contributed by atoms with Gasteiger partial charge in [-0.25, -0.2) is 4.39 Å². The van der Waals surface area contributed by atoms with E-state index < -0.39 is 11.9 Å². The third kappa shape index (κ3) is 2.30. The molecule has 1 N–H and O–H groups in total.